The van der Waals surface area contributed by atoms with E-state index in [-0.39, 0.29) is 37.1 Å². The largest absolute Gasteiger partial charge is 0.504 e. The van der Waals surface area contributed by atoms with Gasteiger partial charge in [-0.05, 0) is 24.4 Å². The lowest BCUT2D eigenvalue weighted by atomic mass is 10.1. The van der Waals surface area contributed by atoms with E-state index in [9.17, 15) is 14.7 Å². The predicted molar refractivity (Wildman–Crippen MR) is 86.2 cm³/mol. The third-order valence-corrected chi connectivity index (χ3v) is 4.21. The first-order chi connectivity index (χ1) is 11.0. The molecule has 0 bridgehead atoms. The SMILES string of the molecule is CCOC(=O)CCC(=O)c1cc2cc(O)c(OCOC)cc2s1. The number of ketones is 1. The van der Waals surface area contributed by atoms with Crippen molar-refractivity contribution in [2.75, 3.05) is 20.5 Å². The fourth-order valence-electron chi connectivity index (χ4n) is 2.00. The fourth-order valence-corrected chi connectivity index (χ4v) is 3.04. The number of hydrogen-bond acceptors (Lipinski definition) is 7. The monoisotopic (exact) mass is 338 g/mol. The highest BCUT2D eigenvalue weighted by molar-refractivity contribution is 7.20. The van der Waals surface area contributed by atoms with Gasteiger partial charge < -0.3 is 19.3 Å². The van der Waals surface area contributed by atoms with Gasteiger partial charge in [0, 0.05) is 24.3 Å². The molecule has 1 aromatic carbocycles. The van der Waals surface area contributed by atoms with Crippen LogP contribution >= 0.6 is 11.3 Å². The zero-order chi connectivity index (χ0) is 16.8. The molecule has 1 N–H and O–H groups in total. The number of phenols is 1. The van der Waals surface area contributed by atoms with Gasteiger partial charge in [-0.25, -0.2) is 0 Å². The van der Waals surface area contributed by atoms with E-state index >= 15 is 0 Å². The lowest BCUT2D eigenvalue weighted by Crippen LogP contribution is -2.07. The minimum atomic E-state index is -0.380. The van der Waals surface area contributed by atoms with Crippen LogP contribution in [0.4, 0.5) is 0 Å². The van der Waals surface area contributed by atoms with Crippen LogP contribution in [0, 0.1) is 0 Å². The van der Waals surface area contributed by atoms with Gasteiger partial charge in [-0.1, -0.05) is 0 Å². The maximum absolute atomic E-state index is 12.2. The second kappa shape index (κ2) is 7.94. The summed E-state index contributed by atoms with van der Waals surface area (Å²) in [6, 6.07) is 4.91. The Kier molecular flexibility index (Phi) is 5.95. The van der Waals surface area contributed by atoms with Crippen LogP contribution in [-0.2, 0) is 14.3 Å². The number of esters is 1. The standard InChI is InChI=1S/C16H18O6S/c1-3-21-16(19)5-4-11(17)15-7-10-6-12(18)13(22-9-20-2)8-14(10)23-15/h6-8,18H,3-5,9H2,1-2H3. The second-order valence-electron chi connectivity index (χ2n) is 4.75. The molecule has 2 rings (SSSR count). The average molecular weight is 338 g/mol. The third-order valence-electron chi connectivity index (χ3n) is 3.07. The molecule has 0 aliphatic heterocycles. The van der Waals surface area contributed by atoms with Gasteiger partial charge in [0.05, 0.1) is 17.9 Å². The van der Waals surface area contributed by atoms with Crippen LogP contribution in [0.2, 0.25) is 0 Å². The molecule has 2 aromatic rings. The summed E-state index contributed by atoms with van der Waals surface area (Å²) < 4.78 is 15.7. The maximum atomic E-state index is 12.2. The van der Waals surface area contributed by atoms with Crippen molar-refractivity contribution >= 4 is 33.2 Å². The molecule has 0 saturated carbocycles. The molecule has 0 unspecified atom stereocenters. The van der Waals surface area contributed by atoms with Gasteiger partial charge in [0.15, 0.2) is 24.1 Å². The van der Waals surface area contributed by atoms with Gasteiger partial charge in [-0.3, -0.25) is 9.59 Å². The lowest BCUT2D eigenvalue weighted by Gasteiger charge is -2.06. The minimum Gasteiger partial charge on any atom is -0.504 e. The first-order valence-corrected chi connectivity index (χ1v) is 7.94. The van der Waals surface area contributed by atoms with Crippen LogP contribution in [0.3, 0.4) is 0 Å². The van der Waals surface area contributed by atoms with Crippen molar-refractivity contribution in [3.05, 3.63) is 23.1 Å². The van der Waals surface area contributed by atoms with E-state index in [2.05, 4.69) is 0 Å². The van der Waals surface area contributed by atoms with E-state index in [1.54, 1.807) is 25.1 Å². The van der Waals surface area contributed by atoms with Crippen LogP contribution in [-0.4, -0.2) is 37.4 Å². The van der Waals surface area contributed by atoms with E-state index in [1.807, 2.05) is 0 Å². The number of carbonyl (C=O) groups is 2. The minimum absolute atomic E-state index is 0.0159. The number of thiophene rings is 1. The zero-order valence-corrected chi connectivity index (χ0v) is 13.8. The highest BCUT2D eigenvalue weighted by Gasteiger charge is 2.15. The molecular weight excluding hydrogens is 320 g/mol. The van der Waals surface area contributed by atoms with Crippen molar-refractivity contribution in [1.82, 2.24) is 0 Å². The summed E-state index contributed by atoms with van der Waals surface area (Å²) in [6.07, 6.45) is 0.166. The first-order valence-electron chi connectivity index (χ1n) is 7.12. The number of phenolic OH excluding ortho intramolecular Hbond substituents is 1. The molecule has 1 aromatic heterocycles. The Bertz CT molecular complexity index is 706. The Balaban J connectivity index is 2.13. The smallest absolute Gasteiger partial charge is 0.306 e. The maximum Gasteiger partial charge on any atom is 0.306 e. The molecular formula is C16H18O6S. The number of fused-ring (bicyclic) bond motifs is 1. The van der Waals surface area contributed by atoms with Crippen molar-refractivity contribution in [3.8, 4) is 11.5 Å². The molecule has 0 aliphatic rings. The summed E-state index contributed by atoms with van der Waals surface area (Å²) in [5, 5.41) is 10.6. The van der Waals surface area contributed by atoms with Gasteiger partial charge in [-0.15, -0.1) is 11.3 Å². The highest BCUT2D eigenvalue weighted by Crippen LogP contribution is 2.36. The van der Waals surface area contributed by atoms with Crippen LogP contribution in [0.5, 0.6) is 11.5 Å². The Labute approximate surface area is 137 Å². The lowest BCUT2D eigenvalue weighted by molar-refractivity contribution is -0.143. The Morgan fingerprint density at radius 1 is 1.22 bits per heavy atom. The number of carbonyl (C=O) groups excluding carboxylic acids is 2. The van der Waals surface area contributed by atoms with E-state index in [0.717, 1.165) is 10.1 Å². The Hall–Kier alpha value is -2.12. The summed E-state index contributed by atoms with van der Waals surface area (Å²) in [6.45, 7) is 2.05. The predicted octanol–water partition coefficient (Wildman–Crippen LogP) is 3.12. The third kappa shape index (κ3) is 4.43. The summed E-state index contributed by atoms with van der Waals surface area (Å²) in [7, 11) is 1.49. The molecule has 124 valence electrons. The van der Waals surface area contributed by atoms with Crippen molar-refractivity contribution in [2.24, 2.45) is 0 Å². The molecule has 6 nitrogen and oxygen atoms in total. The van der Waals surface area contributed by atoms with Crippen molar-refractivity contribution < 1.29 is 28.9 Å². The van der Waals surface area contributed by atoms with Crippen LogP contribution in [0.25, 0.3) is 10.1 Å². The van der Waals surface area contributed by atoms with Gasteiger partial charge in [-0.2, -0.15) is 0 Å². The van der Waals surface area contributed by atoms with Crippen LogP contribution < -0.4 is 4.74 Å². The number of Topliss-reactive ketones (excluding diaryl/α,β-unsaturated/α-hetero) is 1. The second-order valence-corrected chi connectivity index (χ2v) is 5.83. The molecule has 0 amide bonds. The number of benzene rings is 1. The summed E-state index contributed by atoms with van der Waals surface area (Å²) >= 11 is 1.29. The highest BCUT2D eigenvalue weighted by atomic mass is 32.1. The number of ether oxygens (including phenoxy) is 3. The Morgan fingerprint density at radius 3 is 2.70 bits per heavy atom. The number of aromatic hydroxyl groups is 1. The van der Waals surface area contributed by atoms with Gasteiger partial charge in [0.25, 0.3) is 0 Å². The van der Waals surface area contributed by atoms with Crippen LogP contribution in [0.1, 0.15) is 29.4 Å². The molecule has 7 heteroatoms. The zero-order valence-electron chi connectivity index (χ0n) is 13.0. The molecule has 0 atom stereocenters. The summed E-state index contributed by atoms with van der Waals surface area (Å²) in [4.78, 5) is 24.0. The number of hydrogen-bond donors (Lipinski definition) is 1. The summed E-state index contributed by atoms with van der Waals surface area (Å²) in [5.74, 6) is -0.224. The topological polar surface area (TPSA) is 82.1 Å². The normalized spacial score (nSPS) is 10.7. The van der Waals surface area contributed by atoms with Crippen molar-refractivity contribution in [3.63, 3.8) is 0 Å². The van der Waals surface area contributed by atoms with Crippen molar-refractivity contribution in [1.29, 1.82) is 0 Å². The molecule has 0 saturated heterocycles. The first kappa shape index (κ1) is 17.2. The van der Waals surface area contributed by atoms with Crippen molar-refractivity contribution in [2.45, 2.75) is 19.8 Å². The van der Waals surface area contributed by atoms with Gasteiger partial charge >= 0.3 is 5.97 Å². The van der Waals surface area contributed by atoms with E-state index < -0.39 is 0 Å². The average Bonchev–Trinajstić information content (AvgIpc) is 2.93. The molecule has 1 heterocycles. The Morgan fingerprint density at radius 2 is 2.00 bits per heavy atom. The van der Waals surface area contributed by atoms with E-state index in [1.165, 1.54) is 18.4 Å². The molecule has 23 heavy (non-hydrogen) atoms. The number of rotatable bonds is 8. The molecule has 0 radical (unpaired) electrons. The molecule has 0 aliphatic carbocycles. The molecule has 0 fully saturated rings. The molecule has 0 spiro atoms. The van der Waals surface area contributed by atoms with E-state index in [0.29, 0.717) is 17.2 Å². The summed E-state index contributed by atoms with van der Waals surface area (Å²) in [5.41, 5.74) is 0. The fraction of sp³-hybridized carbons (Fsp3) is 0.375. The van der Waals surface area contributed by atoms with E-state index in [4.69, 9.17) is 14.2 Å². The number of methoxy groups -OCH3 is 1. The van der Waals surface area contributed by atoms with Gasteiger partial charge in [0.1, 0.15) is 0 Å². The van der Waals surface area contributed by atoms with Crippen LogP contribution in [0.15, 0.2) is 18.2 Å². The van der Waals surface area contributed by atoms with Gasteiger partial charge in [0.2, 0.25) is 0 Å². The quantitative estimate of drug-likeness (QED) is 0.452.